The number of ether oxygens (including phenoxy) is 1. The van der Waals surface area contributed by atoms with Crippen LogP contribution in [0, 0.1) is 17.8 Å². The Morgan fingerprint density at radius 2 is 2.14 bits per heavy atom. The lowest BCUT2D eigenvalue weighted by Crippen LogP contribution is -2.27. The molecule has 1 rings (SSSR count). The number of aliphatic hydroxyl groups excluding tert-OH is 1. The Kier molecular flexibility index (Phi) is 7.40. The summed E-state index contributed by atoms with van der Waals surface area (Å²) in [4.78, 5) is 0.149. The minimum Gasteiger partial charge on any atom is -0.384 e. The van der Waals surface area contributed by atoms with E-state index in [2.05, 4.69) is 16.6 Å². The number of benzene rings is 1. The third-order valence-electron chi connectivity index (χ3n) is 2.45. The highest BCUT2D eigenvalue weighted by Gasteiger charge is 2.13. The van der Waals surface area contributed by atoms with Crippen LogP contribution in [0.3, 0.4) is 0 Å². The van der Waals surface area contributed by atoms with E-state index in [9.17, 15) is 8.42 Å². The van der Waals surface area contributed by atoms with Gasteiger partial charge in [-0.1, -0.05) is 31.8 Å². The molecule has 21 heavy (non-hydrogen) atoms. The SMILES string of the molecule is CC(C)COCCNS(=O)(=O)c1cccc(C#CCO)c1. The highest BCUT2D eigenvalue weighted by Crippen LogP contribution is 2.10. The zero-order valence-corrected chi connectivity index (χ0v) is 13.1. The fraction of sp³-hybridized carbons (Fsp3) is 0.467. The molecular weight excluding hydrogens is 290 g/mol. The summed E-state index contributed by atoms with van der Waals surface area (Å²) in [7, 11) is -3.57. The second-order valence-corrected chi connectivity index (χ2v) is 6.62. The van der Waals surface area contributed by atoms with E-state index in [0.29, 0.717) is 24.7 Å². The minimum absolute atomic E-state index is 0.149. The molecule has 116 valence electrons. The number of aliphatic hydroxyl groups is 1. The topological polar surface area (TPSA) is 75.6 Å². The zero-order valence-electron chi connectivity index (χ0n) is 12.3. The Morgan fingerprint density at radius 1 is 1.38 bits per heavy atom. The first-order chi connectivity index (χ1) is 9.95. The predicted molar refractivity (Wildman–Crippen MR) is 81.3 cm³/mol. The summed E-state index contributed by atoms with van der Waals surface area (Å²) in [5.41, 5.74) is 0.544. The lowest BCUT2D eigenvalue weighted by atomic mass is 10.2. The van der Waals surface area contributed by atoms with E-state index in [-0.39, 0.29) is 18.0 Å². The molecular formula is C15H21NO4S. The lowest BCUT2D eigenvalue weighted by molar-refractivity contribution is 0.114. The van der Waals surface area contributed by atoms with Gasteiger partial charge in [-0.3, -0.25) is 0 Å². The first-order valence-corrected chi connectivity index (χ1v) is 8.21. The van der Waals surface area contributed by atoms with Crippen LogP contribution in [0.25, 0.3) is 0 Å². The van der Waals surface area contributed by atoms with E-state index in [1.165, 1.54) is 12.1 Å². The largest absolute Gasteiger partial charge is 0.384 e. The van der Waals surface area contributed by atoms with Gasteiger partial charge in [0.15, 0.2) is 0 Å². The maximum Gasteiger partial charge on any atom is 0.240 e. The minimum atomic E-state index is -3.57. The maximum absolute atomic E-state index is 12.1. The average molecular weight is 311 g/mol. The summed E-state index contributed by atoms with van der Waals surface area (Å²) in [6, 6.07) is 6.28. The zero-order chi connectivity index (χ0) is 15.7. The molecule has 0 saturated carbocycles. The summed E-state index contributed by atoms with van der Waals surface area (Å²) in [5.74, 6) is 5.58. The van der Waals surface area contributed by atoms with Crippen LogP contribution in [0.4, 0.5) is 0 Å². The average Bonchev–Trinajstić information content (AvgIpc) is 2.44. The fourth-order valence-electron chi connectivity index (χ4n) is 1.53. The van der Waals surface area contributed by atoms with Crippen molar-refractivity contribution < 1.29 is 18.3 Å². The summed E-state index contributed by atoms with van der Waals surface area (Å²) < 4.78 is 32.0. The molecule has 0 atom stereocenters. The van der Waals surface area contributed by atoms with Gasteiger partial charge in [-0.15, -0.1) is 0 Å². The molecule has 0 aliphatic heterocycles. The lowest BCUT2D eigenvalue weighted by Gasteiger charge is -2.09. The van der Waals surface area contributed by atoms with Crippen molar-refractivity contribution in [3.63, 3.8) is 0 Å². The summed E-state index contributed by atoms with van der Waals surface area (Å²) in [6.45, 7) is 4.96. The normalized spacial score (nSPS) is 11.2. The van der Waals surface area contributed by atoms with Crippen LogP contribution in [0.15, 0.2) is 29.2 Å². The van der Waals surface area contributed by atoms with Crippen LogP contribution in [0.5, 0.6) is 0 Å². The Labute approximate surface area is 126 Å². The molecule has 0 aliphatic rings. The molecule has 1 aromatic rings. The van der Waals surface area contributed by atoms with Gasteiger partial charge >= 0.3 is 0 Å². The van der Waals surface area contributed by atoms with E-state index in [1.54, 1.807) is 12.1 Å². The van der Waals surface area contributed by atoms with Crippen LogP contribution >= 0.6 is 0 Å². The van der Waals surface area contributed by atoms with Crippen LogP contribution < -0.4 is 4.72 Å². The molecule has 0 unspecified atom stereocenters. The Morgan fingerprint density at radius 3 is 2.81 bits per heavy atom. The first kappa shape index (κ1) is 17.7. The van der Waals surface area contributed by atoms with E-state index < -0.39 is 10.0 Å². The molecule has 0 aromatic heterocycles. The molecule has 0 aliphatic carbocycles. The smallest absolute Gasteiger partial charge is 0.240 e. The first-order valence-electron chi connectivity index (χ1n) is 6.73. The maximum atomic E-state index is 12.1. The van der Waals surface area contributed by atoms with Gasteiger partial charge in [-0.25, -0.2) is 13.1 Å². The van der Waals surface area contributed by atoms with Gasteiger partial charge in [0, 0.05) is 18.7 Å². The van der Waals surface area contributed by atoms with Gasteiger partial charge in [0.25, 0.3) is 0 Å². The van der Waals surface area contributed by atoms with Crippen molar-refractivity contribution in [2.24, 2.45) is 5.92 Å². The van der Waals surface area contributed by atoms with E-state index in [4.69, 9.17) is 9.84 Å². The van der Waals surface area contributed by atoms with E-state index >= 15 is 0 Å². The molecule has 1 aromatic carbocycles. The number of rotatable bonds is 7. The van der Waals surface area contributed by atoms with Gasteiger partial charge in [0.05, 0.1) is 11.5 Å². The fourth-order valence-corrected chi connectivity index (χ4v) is 2.59. The third kappa shape index (κ3) is 6.74. The van der Waals surface area contributed by atoms with Gasteiger partial charge in [0.2, 0.25) is 10.0 Å². The van der Waals surface area contributed by atoms with Crippen LogP contribution in [0.1, 0.15) is 19.4 Å². The summed E-state index contributed by atoms with van der Waals surface area (Å²) in [6.07, 6.45) is 0. The van der Waals surface area contributed by atoms with Gasteiger partial charge in [0.1, 0.15) is 6.61 Å². The van der Waals surface area contributed by atoms with Crippen molar-refractivity contribution in [1.29, 1.82) is 0 Å². The van der Waals surface area contributed by atoms with Gasteiger partial charge in [-0.05, 0) is 24.1 Å². The number of sulfonamides is 1. The van der Waals surface area contributed by atoms with Crippen molar-refractivity contribution in [3.8, 4) is 11.8 Å². The van der Waals surface area contributed by atoms with Gasteiger partial charge in [-0.2, -0.15) is 0 Å². The molecule has 6 heteroatoms. The van der Waals surface area contributed by atoms with E-state index in [1.807, 2.05) is 13.8 Å². The molecule has 0 bridgehead atoms. The Bertz CT molecular complexity index is 600. The highest BCUT2D eigenvalue weighted by atomic mass is 32.2. The standard InChI is InChI=1S/C15H21NO4S/c1-13(2)12-20-10-8-16-21(18,19)15-7-3-5-14(11-15)6-4-9-17/h3,5,7,11,13,16-17H,8-10,12H2,1-2H3. The number of hydrogen-bond acceptors (Lipinski definition) is 4. The quantitative estimate of drug-likeness (QED) is 0.581. The molecule has 0 amide bonds. The molecule has 0 fully saturated rings. The third-order valence-corrected chi connectivity index (χ3v) is 3.90. The van der Waals surface area contributed by atoms with Crippen LogP contribution in [-0.4, -0.2) is 39.9 Å². The van der Waals surface area contributed by atoms with Gasteiger partial charge < -0.3 is 9.84 Å². The molecule has 0 saturated heterocycles. The van der Waals surface area contributed by atoms with Crippen molar-refractivity contribution >= 4 is 10.0 Å². The molecule has 5 nitrogen and oxygen atoms in total. The second-order valence-electron chi connectivity index (χ2n) is 4.85. The number of nitrogens with one attached hydrogen (secondary N) is 1. The monoisotopic (exact) mass is 311 g/mol. The Hall–Kier alpha value is -1.39. The predicted octanol–water partition coefficient (Wildman–Crippen LogP) is 0.981. The summed E-state index contributed by atoms with van der Waals surface area (Å²) >= 11 is 0. The number of hydrogen-bond donors (Lipinski definition) is 2. The van der Waals surface area contributed by atoms with Crippen molar-refractivity contribution in [1.82, 2.24) is 4.72 Å². The van der Waals surface area contributed by atoms with Crippen molar-refractivity contribution in [2.45, 2.75) is 18.7 Å². The molecule has 0 radical (unpaired) electrons. The van der Waals surface area contributed by atoms with E-state index in [0.717, 1.165) is 0 Å². The van der Waals surface area contributed by atoms with Crippen LogP contribution in [-0.2, 0) is 14.8 Å². The second kappa shape index (κ2) is 8.80. The molecule has 2 N–H and O–H groups in total. The Balaban J connectivity index is 2.61. The van der Waals surface area contributed by atoms with Crippen molar-refractivity contribution in [3.05, 3.63) is 29.8 Å². The van der Waals surface area contributed by atoms with Crippen molar-refractivity contribution in [2.75, 3.05) is 26.4 Å². The summed E-state index contributed by atoms with van der Waals surface area (Å²) in [5, 5.41) is 8.64. The van der Waals surface area contributed by atoms with Crippen LogP contribution in [0.2, 0.25) is 0 Å². The molecule has 0 spiro atoms. The highest BCUT2D eigenvalue weighted by molar-refractivity contribution is 7.89. The molecule has 0 heterocycles.